The highest BCUT2D eigenvalue weighted by Crippen LogP contribution is 2.15. The SMILES string of the molecule is CCCNCc1cc(F)cnc1-n1ccnc1CC. The van der Waals surface area contributed by atoms with E-state index in [1.165, 1.54) is 12.3 Å². The Morgan fingerprint density at radius 1 is 1.32 bits per heavy atom. The van der Waals surface area contributed by atoms with Crippen LogP contribution in [0.2, 0.25) is 0 Å². The van der Waals surface area contributed by atoms with Crippen molar-refractivity contribution in [3.63, 3.8) is 0 Å². The summed E-state index contributed by atoms with van der Waals surface area (Å²) in [6, 6.07) is 1.53. The first-order valence-corrected chi connectivity index (χ1v) is 6.64. The Kier molecular flexibility index (Phi) is 4.63. The fourth-order valence-electron chi connectivity index (χ4n) is 2.01. The summed E-state index contributed by atoms with van der Waals surface area (Å²) >= 11 is 0. The molecule has 4 nitrogen and oxygen atoms in total. The fraction of sp³-hybridized carbons (Fsp3) is 0.429. The second kappa shape index (κ2) is 6.43. The molecule has 102 valence electrons. The van der Waals surface area contributed by atoms with E-state index in [1.54, 1.807) is 6.20 Å². The molecule has 0 atom stereocenters. The van der Waals surface area contributed by atoms with Gasteiger partial charge in [0.25, 0.3) is 0 Å². The zero-order valence-electron chi connectivity index (χ0n) is 11.4. The Morgan fingerprint density at radius 2 is 2.16 bits per heavy atom. The quantitative estimate of drug-likeness (QED) is 0.813. The molecule has 0 bridgehead atoms. The van der Waals surface area contributed by atoms with E-state index in [0.29, 0.717) is 6.54 Å². The summed E-state index contributed by atoms with van der Waals surface area (Å²) in [5.41, 5.74) is 0.848. The van der Waals surface area contributed by atoms with Gasteiger partial charge in [-0.1, -0.05) is 13.8 Å². The zero-order chi connectivity index (χ0) is 13.7. The molecule has 2 aromatic heterocycles. The summed E-state index contributed by atoms with van der Waals surface area (Å²) in [6.07, 6.45) is 6.71. The number of aromatic nitrogens is 3. The van der Waals surface area contributed by atoms with Crippen molar-refractivity contribution in [2.75, 3.05) is 6.54 Å². The third-order valence-electron chi connectivity index (χ3n) is 2.91. The average Bonchev–Trinajstić information content (AvgIpc) is 2.87. The summed E-state index contributed by atoms with van der Waals surface area (Å²) in [5.74, 6) is 1.37. The maximum atomic E-state index is 13.4. The van der Waals surface area contributed by atoms with Gasteiger partial charge in [-0.05, 0) is 19.0 Å². The number of pyridine rings is 1. The Bertz CT molecular complexity index is 536. The molecule has 0 saturated heterocycles. The van der Waals surface area contributed by atoms with Crippen molar-refractivity contribution in [2.24, 2.45) is 0 Å². The van der Waals surface area contributed by atoms with E-state index in [1.807, 2.05) is 17.7 Å². The predicted molar refractivity (Wildman–Crippen MR) is 72.7 cm³/mol. The number of rotatable bonds is 6. The van der Waals surface area contributed by atoms with Crippen molar-refractivity contribution < 1.29 is 4.39 Å². The normalized spacial score (nSPS) is 10.9. The molecule has 0 amide bonds. The standard InChI is InChI=1S/C14H19FN4/c1-3-5-16-9-11-8-12(15)10-18-14(11)19-7-6-17-13(19)4-2/h6-8,10,16H,3-5,9H2,1-2H3. The molecule has 0 unspecified atom stereocenters. The van der Waals surface area contributed by atoms with Crippen molar-refractivity contribution in [3.8, 4) is 5.82 Å². The topological polar surface area (TPSA) is 42.7 Å². The molecule has 0 spiro atoms. The van der Waals surface area contributed by atoms with Crippen LogP contribution in [0.5, 0.6) is 0 Å². The Balaban J connectivity index is 2.33. The predicted octanol–water partition coefficient (Wildman–Crippen LogP) is 2.47. The summed E-state index contributed by atoms with van der Waals surface area (Å²) in [4.78, 5) is 8.50. The van der Waals surface area contributed by atoms with Gasteiger partial charge in [0.05, 0.1) is 6.20 Å². The second-order valence-corrected chi connectivity index (χ2v) is 4.38. The minimum Gasteiger partial charge on any atom is -0.313 e. The molecule has 0 saturated carbocycles. The number of imidazole rings is 1. The van der Waals surface area contributed by atoms with E-state index in [0.717, 1.165) is 36.6 Å². The van der Waals surface area contributed by atoms with Crippen molar-refractivity contribution in [1.82, 2.24) is 19.9 Å². The molecule has 0 aliphatic heterocycles. The van der Waals surface area contributed by atoms with Gasteiger partial charge in [-0.2, -0.15) is 0 Å². The molecule has 1 N–H and O–H groups in total. The van der Waals surface area contributed by atoms with Gasteiger partial charge in [0.1, 0.15) is 17.5 Å². The van der Waals surface area contributed by atoms with E-state index in [-0.39, 0.29) is 5.82 Å². The summed E-state index contributed by atoms with van der Waals surface area (Å²) in [5, 5.41) is 3.28. The molecule has 0 radical (unpaired) electrons. The highest BCUT2D eigenvalue weighted by atomic mass is 19.1. The molecule has 19 heavy (non-hydrogen) atoms. The monoisotopic (exact) mass is 262 g/mol. The summed E-state index contributed by atoms with van der Waals surface area (Å²) in [6.45, 7) is 5.65. The van der Waals surface area contributed by atoms with Gasteiger partial charge < -0.3 is 5.32 Å². The number of halogens is 1. The molecule has 5 heteroatoms. The Hall–Kier alpha value is -1.75. The second-order valence-electron chi connectivity index (χ2n) is 4.38. The molecular weight excluding hydrogens is 243 g/mol. The van der Waals surface area contributed by atoms with Crippen LogP contribution in [0.25, 0.3) is 5.82 Å². The van der Waals surface area contributed by atoms with Crippen LogP contribution in [-0.4, -0.2) is 21.1 Å². The van der Waals surface area contributed by atoms with E-state index in [2.05, 4.69) is 22.2 Å². The largest absolute Gasteiger partial charge is 0.313 e. The van der Waals surface area contributed by atoms with Gasteiger partial charge in [0.15, 0.2) is 0 Å². The Morgan fingerprint density at radius 3 is 2.89 bits per heavy atom. The summed E-state index contributed by atoms with van der Waals surface area (Å²) < 4.78 is 15.3. The van der Waals surface area contributed by atoms with Gasteiger partial charge in [-0.25, -0.2) is 14.4 Å². The van der Waals surface area contributed by atoms with Gasteiger partial charge in [0.2, 0.25) is 0 Å². The van der Waals surface area contributed by atoms with Gasteiger partial charge in [-0.3, -0.25) is 4.57 Å². The minimum absolute atomic E-state index is 0.310. The van der Waals surface area contributed by atoms with Gasteiger partial charge in [0, 0.05) is 30.9 Å². The smallest absolute Gasteiger partial charge is 0.142 e. The fourth-order valence-corrected chi connectivity index (χ4v) is 2.01. The van der Waals surface area contributed by atoms with Gasteiger partial charge >= 0.3 is 0 Å². The van der Waals surface area contributed by atoms with Crippen LogP contribution in [-0.2, 0) is 13.0 Å². The zero-order valence-corrected chi connectivity index (χ0v) is 11.4. The van der Waals surface area contributed by atoms with Gasteiger partial charge in [-0.15, -0.1) is 0 Å². The lowest BCUT2D eigenvalue weighted by Crippen LogP contribution is -2.17. The maximum absolute atomic E-state index is 13.4. The number of aryl methyl sites for hydroxylation is 1. The third-order valence-corrected chi connectivity index (χ3v) is 2.91. The molecule has 0 aromatic carbocycles. The lowest BCUT2D eigenvalue weighted by molar-refractivity contribution is 0.608. The average molecular weight is 262 g/mol. The molecule has 0 aliphatic rings. The van der Waals surface area contributed by atoms with Crippen LogP contribution in [0.15, 0.2) is 24.7 Å². The van der Waals surface area contributed by atoms with Crippen LogP contribution in [0, 0.1) is 5.82 Å². The Labute approximate surface area is 112 Å². The number of hydrogen-bond acceptors (Lipinski definition) is 3. The van der Waals surface area contributed by atoms with Crippen molar-refractivity contribution in [1.29, 1.82) is 0 Å². The first-order valence-electron chi connectivity index (χ1n) is 6.64. The molecule has 2 rings (SSSR count). The van der Waals surface area contributed by atoms with E-state index in [4.69, 9.17) is 0 Å². The van der Waals surface area contributed by atoms with E-state index < -0.39 is 0 Å². The minimum atomic E-state index is -0.310. The first-order chi connectivity index (χ1) is 9.26. The molecule has 2 heterocycles. The van der Waals surface area contributed by atoms with Crippen molar-refractivity contribution in [2.45, 2.75) is 33.2 Å². The highest BCUT2D eigenvalue weighted by Gasteiger charge is 2.10. The number of hydrogen-bond donors (Lipinski definition) is 1. The number of nitrogens with one attached hydrogen (secondary N) is 1. The van der Waals surface area contributed by atoms with Crippen LogP contribution >= 0.6 is 0 Å². The number of nitrogens with zero attached hydrogens (tertiary/aromatic N) is 3. The molecule has 2 aromatic rings. The van der Waals surface area contributed by atoms with Crippen molar-refractivity contribution >= 4 is 0 Å². The van der Waals surface area contributed by atoms with Crippen LogP contribution in [0.3, 0.4) is 0 Å². The highest BCUT2D eigenvalue weighted by molar-refractivity contribution is 5.35. The molecule has 0 fully saturated rings. The van der Waals surface area contributed by atoms with Crippen molar-refractivity contribution in [3.05, 3.63) is 41.9 Å². The van der Waals surface area contributed by atoms with Crippen LogP contribution in [0.4, 0.5) is 4.39 Å². The molecular formula is C14H19FN4. The van der Waals surface area contributed by atoms with Crippen LogP contribution in [0.1, 0.15) is 31.7 Å². The van der Waals surface area contributed by atoms with E-state index in [9.17, 15) is 4.39 Å². The maximum Gasteiger partial charge on any atom is 0.142 e. The van der Waals surface area contributed by atoms with E-state index >= 15 is 0 Å². The first kappa shape index (κ1) is 13.7. The summed E-state index contributed by atoms with van der Waals surface area (Å²) in [7, 11) is 0. The van der Waals surface area contributed by atoms with Crippen LogP contribution < -0.4 is 5.32 Å². The molecule has 0 aliphatic carbocycles. The third kappa shape index (κ3) is 3.17. The lowest BCUT2D eigenvalue weighted by Gasteiger charge is -2.12. The lowest BCUT2D eigenvalue weighted by atomic mass is 10.2.